The van der Waals surface area contributed by atoms with Crippen LogP contribution in [0.1, 0.15) is 36.1 Å². The van der Waals surface area contributed by atoms with E-state index in [0.717, 1.165) is 35.3 Å². The van der Waals surface area contributed by atoms with Gasteiger partial charge < -0.3 is 10.5 Å². The highest BCUT2D eigenvalue weighted by Crippen LogP contribution is 2.45. The average molecular weight is 391 g/mol. The maximum atomic E-state index is 9.80. The third kappa shape index (κ3) is 3.02. The molecular formula is C22H19ClN4O. The van der Waals surface area contributed by atoms with Crippen molar-refractivity contribution in [1.82, 2.24) is 9.78 Å². The van der Waals surface area contributed by atoms with Crippen molar-refractivity contribution in [2.75, 3.05) is 0 Å². The van der Waals surface area contributed by atoms with E-state index in [-0.39, 0.29) is 11.8 Å². The average Bonchev–Trinajstić information content (AvgIpc) is 3.06. The number of nitrogens with zero attached hydrogens (tertiary/aromatic N) is 3. The van der Waals surface area contributed by atoms with Crippen LogP contribution in [0.5, 0.6) is 5.88 Å². The van der Waals surface area contributed by atoms with Crippen LogP contribution in [0.4, 0.5) is 0 Å². The molecule has 4 rings (SSSR count). The van der Waals surface area contributed by atoms with Gasteiger partial charge in [-0.05, 0) is 36.2 Å². The highest BCUT2D eigenvalue weighted by Gasteiger charge is 2.36. The summed E-state index contributed by atoms with van der Waals surface area (Å²) < 4.78 is 7.70. The van der Waals surface area contributed by atoms with Crippen LogP contribution >= 0.6 is 11.6 Å². The molecular weight excluding hydrogens is 372 g/mol. The monoisotopic (exact) mass is 390 g/mol. The molecule has 28 heavy (non-hydrogen) atoms. The lowest BCUT2D eigenvalue weighted by Crippen LogP contribution is -2.22. The van der Waals surface area contributed by atoms with Crippen molar-refractivity contribution in [3.05, 3.63) is 87.9 Å². The maximum absolute atomic E-state index is 9.80. The Morgan fingerprint density at radius 1 is 1.18 bits per heavy atom. The summed E-state index contributed by atoms with van der Waals surface area (Å²) in [6.45, 7) is 2.10. The lowest BCUT2D eigenvalue weighted by Gasteiger charge is -2.25. The van der Waals surface area contributed by atoms with E-state index in [4.69, 9.17) is 27.2 Å². The number of hydrogen-bond donors (Lipinski definition) is 1. The lowest BCUT2D eigenvalue weighted by atomic mass is 9.83. The first kappa shape index (κ1) is 18.1. The number of benzene rings is 2. The number of fused-ring (bicyclic) bond motifs is 1. The van der Waals surface area contributed by atoms with Crippen LogP contribution < -0.4 is 10.5 Å². The van der Waals surface area contributed by atoms with Gasteiger partial charge in [0.2, 0.25) is 11.8 Å². The molecule has 6 heteroatoms. The molecule has 140 valence electrons. The summed E-state index contributed by atoms with van der Waals surface area (Å²) in [5.74, 6) is 0.325. The second-order valence-corrected chi connectivity index (χ2v) is 7.08. The molecule has 2 N–H and O–H groups in total. The van der Waals surface area contributed by atoms with Crippen LogP contribution in [-0.4, -0.2) is 9.78 Å². The van der Waals surface area contributed by atoms with Gasteiger partial charge in [-0.2, -0.15) is 10.4 Å². The third-order valence-electron chi connectivity index (χ3n) is 4.82. The van der Waals surface area contributed by atoms with E-state index in [1.54, 1.807) is 4.68 Å². The van der Waals surface area contributed by atoms with Crippen LogP contribution in [0, 0.1) is 11.3 Å². The number of rotatable bonds is 4. The molecule has 0 saturated carbocycles. The molecule has 2 heterocycles. The molecule has 5 nitrogen and oxygen atoms in total. The summed E-state index contributed by atoms with van der Waals surface area (Å²) in [6, 6.07) is 19.5. The van der Waals surface area contributed by atoms with Crippen LogP contribution in [0.2, 0.25) is 5.02 Å². The number of para-hydroxylation sites is 1. The van der Waals surface area contributed by atoms with Gasteiger partial charge in [-0.3, -0.25) is 0 Å². The van der Waals surface area contributed by atoms with E-state index in [1.807, 2.05) is 54.6 Å². The summed E-state index contributed by atoms with van der Waals surface area (Å²) in [7, 11) is 0. The molecule has 1 atom stereocenters. The Morgan fingerprint density at radius 3 is 2.54 bits per heavy atom. The fourth-order valence-corrected chi connectivity index (χ4v) is 3.69. The normalized spacial score (nSPS) is 15.7. The van der Waals surface area contributed by atoms with Gasteiger partial charge in [0.05, 0.1) is 22.9 Å². The molecule has 0 spiro atoms. The SMILES string of the molecule is CCCc1nn(-c2ccccc2)c2c1[C@H](c1ccc(Cl)cc1)C(C#N)=C(N)O2. The number of nitriles is 1. The van der Waals surface area contributed by atoms with Crippen molar-refractivity contribution in [1.29, 1.82) is 5.26 Å². The Hall–Kier alpha value is -3.23. The Labute approximate surface area is 168 Å². The van der Waals surface area contributed by atoms with Gasteiger partial charge in [0.25, 0.3) is 0 Å². The first-order valence-electron chi connectivity index (χ1n) is 9.14. The first-order valence-corrected chi connectivity index (χ1v) is 9.52. The van der Waals surface area contributed by atoms with E-state index in [9.17, 15) is 5.26 Å². The van der Waals surface area contributed by atoms with E-state index in [1.165, 1.54) is 0 Å². The molecule has 1 aromatic heterocycles. The second-order valence-electron chi connectivity index (χ2n) is 6.64. The molecule has 0 saturated heterocycles. The Bertz CT molecular complexity index is 1080. The predicted octanol–water partition coefficient (Wildman–Crippen LogP) is 4.70. The molecule has 0 aliphatic carbocycles. The van der Waals surface area contributed by atoms with Gasteiger partial charge >= 0.3 is 0 Å². The smallest absolute Gasteiger partial charge is 0.229 e. The first-order chi connectivity index (χ1) is 13.6. The minimum absolute atomic E-state index is 0.107. The number of aryl methyl sites for hydroxylation is 1. The largest absolute Gasteiger partial charge is 0.422 e. The van der Waals surface area contributed by atoms with Crippen molar-refractivity contribution in [2.45, 2.75) is 25.7 Å². The third-order valence-corrected chi connectivity index (χ3v) is 5.07. The molecule has 0 bridgehead atoms. The fourth-order valence-electron chi connectivity index (χ4n) is 3.57. The molecule has 0 unspecified atom stereocenters. The number of allylic oxidation sites excluding steroid dienone is 1. The fraction of sp³-hybridized carbons (Fsp3) is 0.182. The van der Waals surface area contributed by atoms with Crippen molar-refractivity contribution in [3.63, 3.8) is 0 Å². The number of hydrogen-bond acceptors (Lipinski definition) is 4. The summed E-state index contributed by atoms with van der Waals surface area (Å²) in [4.78, 5) is 0. The molecule has 0 amide bonds. The quantitative estimate of drug-likeness (QED) is 0.700. The van der Waals surface area contributed by atoms with E-state index in [2.05, 4.69) is 13.0 Å². The van der Waals surface area contributed by atoms with Crippen LogP contribution in [0.3, 0.4) is 0 Å². The molecule has 0 radical (unpaired) electrons. The predicted molar refractivity (Wildman–Crippen MR) is 108 cm³/mol. The zero-order valence-corrected chi connectivity index (χ0v) is 16.1. The Balaban J connectivity index is 1.97. The number of nitrogens with two attached hydrogens (primary N) is 1. The van der Waals surface area contributed by atoms with E-state index >= 15 is 0 Å². The molecule has 2 aromatic carbocycles. The highest BCUT2D eigenvalue weighted by atomic mass is 35.5. The van der Waals surface area contributed by atoms with Crippen molar-refractivity contribution < 1.29 is 4.74 Å². The van der Waals surface area contributed by atoms with Gasteiger partial charge in [-0.1, -0.05) is 55.3 Å². The minimum atomic E-state index is -0.343. The van der Waals surface area contributed by atoms with E-state index < -0.39 is 0 Å². The van der Waals surface area contributed by atoms with Gasteiger partial charge in [-0.25, -0.2) is 4.68 Å². The van der Waals surface area contributed by atoms with Gasteiger partial charge in [0, 0.05) is 5.02 Å². The summed E-state index contributed by atoms with van der Waals surface area (Å²) >= 11 is 6.07. The highest BCUT2D eigenvalue weighted by molar-refractivity contribution is 6.30. The summed E-state index contributed by atoms with van der Waals surface area (Å²) in [5, 5.41) is 15.3. The summed E-state index contributed by atoms with van der Waals surface area (Å²) in [5.41, 5.74) is 10.1. The Morgan fingerprint density at radius 2 is 1.89 bits per heavy atom. The topological polar surface area (TPSA) is 76.9 Å². The van der Waals surface area contributed by atoms with Crippen LogP contribution in [-0.2, 0) is 6.42 Å². The standard InChI is InChI=1S/C22H19ClN4O/c1-2-6-18-20-19(14-9-11-15(23)12-10-14)17(13-24)21(25)28-22(20)27(26-18)16-7-4-3-5-8-16/h3-5,7-12,19H,2,6,25H2,1H3/t19-/m1/s1. The van der Waals surface area contributed by atoms with Gasteiger partial charge in [0.1, 0.15) is 11.6 Å². The second kappa shape index (κ2) is 7.41. The maximum Gasteiger partial charge on any atom is 0.229 e. The molecule has 0 fully saturated rings. The van der Waals surface area contributed by atoms with Crippen LogP contribution in [0.25, 0.3) is 5.69 Å². The van der Waals surface area contributed by atoms with Crippen molar-refractivity contribution in [2.24, 2.45) is 5.73 Å². The van der Waals surface area contributed by atoms with E-state index in [0.29, 0.717) is 16.5 Å². The number of aromatic nitrogens is 2. The summed E-state index contributed by atoms with van der Waals surface area (Å²) in [6.07, 6.45) is 1.70. The molecule has 3 aromatic rings. The van der Waals surface area contributed by atoms with Gasteiger partial charge in [0.15, 0.2) is 0 Å². The van der Waals surface area contributed by atoms with Gasteiger partial charge in [-0.15, -0.1) is 0 Å². The lowest BCUT2D eigenvalue weighted by molar-refractivity contribution is 0.367. The molecule has 1 aliphatic rings. The minimum Gasteiger partial charge on any atom is -0.422 e. The zero-order chi connectivity index (χ0) is 19.7. The number of halogens is 1. The number of ether oxygens (including phenoxy) is 1. The molecule has 1 aliphatic heterocycles. The van der Waals surface area contributed by atoms with Crippen molar-refractivity contribution in [3.8, 4) is 17.6 Å². The van der Waals surface area contributed by atoms with Crippen molar-refractivity contribution >= 4 is 11.6 Å². The Kier molecular flexibility index (Phi) is 4.81. The van der Waals surface area contributed by atoms with Crippen LogP contribution in [0.15, 0.2) is 66.1 Å². The zero-order valence-electron chi connectivity index (χ0n) is 15.4.